The molecule has 20 heavy (non-hydrogen) atoms. The Labute approximate surface area is 115 Å². The molecule has 0 radical (unpaired) electrons. The van der Waals surface area contributed by atoms with Gasteiger partial charge in [-0.1, -0.05) is 30.3 Å². The predicted octanol–water partition coefficient (Wildman–Crippen LogP) is 1.15. The van der Waals surface area contributed by atoms with Gasteiger partial charge in [0.2, 0.25) is 0 Å². The van der Waals surface area contributed by atoms with Crippen LogP contribution >= 0.6 is 11.8 Å². The second-order valence-electron chi connectivity index (χ2n) is 3.64. The van der Waals surface area contributed by atoms with Crippen LogP contribution in [0, 0.1) is 10.1 Å². The molecule has 0 aliphatic heterocycles. The summed E-state index contributed by atoms with van der Waals surface area (Å²) in [4.78, 5) is 32.6. The van der Waals surface area contributed by atoms with Gasteiger partial charge in [0.15, 0.2) is 0 Å². The summed E-state index contributed by atoms with van der Waals surface area (Å²) in [5.74, 6) is -9.69. The molecule has 7 nitrogen and oxygen atoms in total. The van der Waals surface area contributed by atoms with Gasteiger partial charge in [-0.05, 0) is 0 Å². The van der Waals surface area contributed by atoms with Crippen molar-refractivity contribution in [1.29, 1.82) is 0 Å². The van der Waals surface area contributed by atoms with Gasteiger partial charge in [-0.15, -0.1) is 0 Å². The van der Waals surface area contributed by atoms with E-state index < -0.39 is 33.8 Å². The quantitative estimate of drug-likeness (QED) is 0.481. The fourth-order valence-electron chi connectivity index (χ4n) is 1.64. The van der Waals surface area contributed by atoms with E-state index in [-0.39, 0.29) is 0 Å². The van der Waals surface area contributed by atoms with E-state index in [1.807, 2.05) is 0 Å². The first-order valence-corrected chi connectivity index (χ1v) is 5.33. The average molecular weight is 309 g/mol. The highest BCUT2D eigenvalue weighted by molar-refractivity contribution is 6.22. The topological polar surface area (TPSA) is 110 Å². The molecule has 1 unspecified atom stereocenters. The minimum Gasteiger partial charge on any atom is -0.475 e. The molecule has 1 aromatic carbocycles. The Bertz CT molecular complexity index is 538. The van der Waals surface area contributed by atoms with Gasteiger partial charge in [0.05, 0.1) is 4.92 Å². The SMILES string of the molecule is O=C(NCl)C(F)(F)C(C(=O)O)(c1ccccc1)[N+](=O)[O-]. The molecule has 10 heteroatoms. The molecular formula is C10H7ClF2N2O5. The largest absolute Gasteiger partial charge is 0.475 e. The first-order valence-electron chi connectivity index (χ1n) is 4.95. The number of aliphatic carboxylic acids is 1. The van der Waals surface area contributed by atoms with E-state index in [1.165, 1.54) is 6.07 Å². The number of rotatable bonds is 5. The van der Waals surface area contributed by atoms with E-state index in [9.17, 15) is 28.5 Å². The third-order valence-electron chi connectivity index (χ3n) is 2.60. The number of hydrogen-bond acceptors (Lipinski definition) is 4. The molecule has 0 aliphatic carbocycles. The lowest BCUT2D eigenvalue weighted by atomic mass is 9.83. The van der Waals surface area contributed by atoms with Gasteiger partial charge in [0.1, 0.15) is 0 Å². The number of carboxylic acids is 1. The summed E-state index contributed by atoms with van der Waals surface area (Å²) in [5.41, 5.74) is -4.84. The van der Waals surface area contributed by atoms with Crippen LogP contribution in [-0.4, -0.2) is 27.8 Å². The Morgan fingerprint density at radius 3 is 2.15 bits per heavy atom. The maximum Gasteiger partial charge on any atom is 0.412 e. The molecule has 0 spiro atoms. The Balaban J connectivity index is 3.71. The third-order valence-corrected chi connectivity index (χ3v) is 2.77. The first-order chi connectivity index (χ1) is 9.22. The second-order valence-corrected chi connectivity index (χ2v) is 3.83. The number of nitro groups is 1. The van der Waals surface area contributed by atoms with Crippen LogP contribution in [0.2, 0.25) is 0 Å². The summed E-state index contributed by atoms with van der Waals surface area (Å²) < 4.78 is 28.0. The van der Waals surface area contributed by atoms with Gasteiger partial charge >= 0.3 is 23.3 Å². The van der Waals surface area contributed by atoms with E-state index in [4.69, 9.17) is 16.9 Å². The molecule has 0 saturated carbocycles. The average Bonchev–Trinajstić information content (AvgIpc) is 2.38. The lowest BCUT2D eigenvalue weighted by molar-refractivity contribution is -0.588. The van der Waals surface area contributed by atoms with Crippen LogP contribution in [0.3, 0.4) is 0 Å². The third kappa shape index (κ3) is 2.05. The predicted molar refractivity (Wildman–Crippen MR) is 61.7 cm³/mol. The van der Waals surface area contributed by atoms with Crippen molar-refractivity contribution < 1.29 is 28.4 Å². The van der Waals surface area contributed by atoms with E-state index in [0.29, 0.717) is 0 Å². The lowest BCUT2D eigenvalue weighted by Gasteiger charge is -2.27. The number of carbonyl (C=O) groups excluding carboxylic acids is 1. The van der Waals surface area contributed by atoms with Crippen molar-refractivity contribution in [2.24, 2.45) is 0 Å². The summed E-state index contributed by atoms with van der Waals surface area (Å²) in [7, 11) is 0. The molecule has 2 N–H and O–H groups in total. The molecule has 108 valence electrons. The Kier molecular flexibility index (Phi) is 4.23. The van der Waals surface area contributed by atoms with Crippen LogP contribution in [0.1, 0.15) is 5.56 Å². The molecule has 0 bridgehead atoms. The number of amides is 1. The Morgan fingerprint density at radius 2 is 1.80 bits per heavy atom. The minimum atomic E-state index is -4.91. The zero-order valence-corrected chi connectivity index (χ0v) is 10.3. The molecule has 1 amide bonds. The molecule has 1 atom stereocenters. The summed E-state index contributed by atoms with van der Waals surface area (Å²) in [5, 5.41) is 20.0. The zero-order chi connectivity index (χ0) is 15.6. The van der Waals surface area contributed by atoms with Gasteiger partial charge < -0.3 is 5.11 Å². The molecule has 0 fully saturated rings. The number of hydrogen-bond donors (Lipinski definition) is 2. The van der Waals surface area contributed by atoms with E-state index in [2.05, 4.69) is 0 Å². The number of carboxylic acid groups (broad SMARTS) is 1. The summed E-state index contributed by atoms with van der Waals surface area (Å²) in [6.07, 6.45) is 0. The van der Waals surface area contributed by atoms with Gasteiger partial charge in [-0.2, -0.15) is 8.78 Å². The van der Waals surface area contributed by atoms with Crippen molar-refractivity contribution in [2.45, 2.75) is 11.5 Å². The molecular weight excluding hydrogens is 302 g/mol. The number of nitrogens with zero attached hydrogens (tertiary/aromatic N) is 1. The van der Waals surface area contributed by atoms with E-state index >= 15 is 0 Å². The monoisotopic (exact) mass is 308 g/mol. The second kappa shape index (κ2) is 5.37. The number of nitrogens with one attached hydrogen (secondary N) is 1. The smallest absolute Gasteiger partial charge is 0.412 e. The molecule has 0 saturated heterocycles. The zero-order valence-electron chi connectivity index (χ0n) is 9.55. The van der Waals surface area contributed by atoms with Crippen molar-refractivity contribution in [3.05, 3.63) is 46.0 Å². The lowest BCUT2D eigenvalue weighted by Crippen LogP contribution is -2.62. The molecule has 0 aromatic heterocycles. The van der Waals surface area contributed by atoms with Gasteiger partial charge in [0, 0.05) is 17.3 Å². The standard InChI is InChI=1S/C10H7ClF2N2O5/c11-14-7(16)10(12,13)9(8(17)18,15(19)20)6-4-2-1-3-5-6/h1-5H,(H,14,16)(H,17,18). The Morgan fingerprint density at radius 1 is 1.30 bits per heavy atom. The highest BCUT2D eigenvalue weighted by Crippen LogP contribution is 2.41. The Hall–Kier alpha value is -2.29. The van der Waals surface area contributed by atoms with E-state index in [0.717, 1.165) is 29.1 Å². The number of carbonyl (C=O) groups is 2. The van der Waals surface area contributed by atoms with Crippen LogP contribution in [0.5, 0.6) is 0 Å². The summed E-state index contributed by atoms with van der Waals surface area (Å²) in [6, 6.07) is 5.23. The first kappa shape index (κ1) is 15.8. The molecule has 0 heterocycles. The highest BCUT2D eigenvalue weighted by Gasteiger charge is 2.75. The number of alkyl halides is 2. The van der Waals surface area contributed by atoms with Crippen LogP contribution < -0.4 is 4.84 Å². The van der Waals surface area contributed by atoms with Crippen LogP contribution in [-0.2, 0) is 15.1 Å². The van der Waals surface area contributed by atoms with Crippen LogP contribution in [0.25, 0.3) is 0 Å². The molecule has 1 rings (SSSR count). The number of halogens is 3. The fourth-order valence-corrected chi connectivity index (χ4v) is 1.76. The van der Waals surface area contributed by atoms with Crippen molar-refractivity contribution in [3.8, 4) is 0 Å². The maximum atomic E-state index is 14.0. The maximum absolute atomic E-state index is 14.0. The van der Waals surface area contributed by atoms with Crippen LogP contribution in [0.15, 0.2) is 30.3 Å². The molecule has 1 aromatic rings. The van der Waals surface area contributed by atoms with Crippen molar-refractivity contribution in [3.63, 3.8) is 0 Å². The van der Waals surface area contributed by atoms with Crippen molar-refractivity contribution >= 4 is 23.7 Å². The van der Waals surface area contributed by atoms with Gasteiger partial charge in [-0.25, -0.2) is 4.79 Å². The normalized spacial score (nSPS) is 14.2. The summed E-state index contributed by atoms with van der Waals surface area (Å²) in [6.45, 7) is 0. The van der Waals surface area contributed by atoms with E-state index in [1.54, 1.807) is 0 Å². The van der Waals surface area contributed by atoms with Crippen LogP contribution in [0.4, 0.5) is 8.78 Å². The van der Waals surface area contributed by atoms with Gasteiger partial charge in [-0.3, -0.25) is 19.7 Å². The van der Waals surface area contributed by atoms with Crippen molar-refractivity contribution in [1.82, 2.24) is 4.84 Å². The van der Waals surface area contributed by atoms with Crippen molar-refractivity contribution in [2.75, 3.05) is 0 Å². The van der Waals surface area contributed by atoms with Gasteiger partial charge in [0.25, 0.3) is 0 Å². The summed E-state index contributed by atoms with van der Waals surface area (Å²) >= 11 is 4.74. The number of benzene rings is 1. The molecule has 0 aliphatic rings. The fraction of sp³-hybridized carbons (Fsp3) is 0.200. The minimum absolute atomic E-state index is 0.812. The highest BCUT2D eigenvalue weighted by atomic mass is 35.5.